The quantitative estimate of drug-likeness (QED) is 0.509. The molecule has 2 aliphatic heterocycles. The summed E-state index contributed by atoms with van der Waals surface area (Å²) in [7, 11) is 0. The minimum Gasteiger partial charge on any atom is -0.369 e. The van der Waals surface area contributed by atoms with E-state index < -0.39 is 58.5 Å². The van der Waals surface area contributed by atoms with Crippen molar-refractivity contribution < 1.29 is 31.9 Å². The van der Waals surface area contributed by atoms with Crippen LogP contribution in [-0.2, 0) is 16.0 Å². The highest BCUT2D eigenvalue weighted by Gasteiger charge is 2.44. The zero-order valence-electron chi connectivity index (χ0n) is 18.3. The number of piperidine rings is 1. The predicted octanol–water partition coefficient (Wildman–Crippen LogP) is 3.60. The Morgan fingerprint density at radius 3 is 2.24 bits per heavy atom. The van der Waals surface area contributed by atoms with Gasteiger partial charge in [0, 0.05) is 29.3 Å². The SMILES string of the molecule is Cc1cc(NC(=O)c2cc(CC(=O)N3C4CCC3CC(C(N)=O)C4)c(F)c(F)c2F)ccc1F. The Labute approximate surface area is 193 Å². The molecule has 2 saturated heterocycles. The van der Waals surface area contributed by atoms with Crippen LogP contribution in [0.15, 0.2) is 24.3 Å². The number of halogens is 4. The van der Waals surface area contributed by atoms with Crippen LogP contribution in [-0.4, -0.2) is 34.7 Å². The van der Waals surface area contributed by atoms with Gasteiger partial charge in [-0.05, 0) is 62.4 Å². The van der Waals surface area contributed by atoms with Crippen LogP contribution in [0, 0.1) is 36.1 Å². The lowest BCUT2D eigenvalue weighted by Gasteiger charge is -2.38. The number of rotatable bonds is 5. The molecule has 3 N–H and O–H groups in total. The van der Waals surface area contributed by atoms with Crippen LogP contribution in [0.5, 0.6) is 0 Å². The average Bonchev–Trinajstić information content (AvgIpc) is 3.05. The molecule has 2 aliphatic rings. The van der Waals surface area contributed by atoms with E-state index in [1.807, 2.05) is 0 Å². The monoisotopic (exact) mass is 477 g/mol. The van der Waals surface area contributed by atoms with E-state index in [0.717, 1.165) is 12.1 Å². The number of fused-ring (bicyclic) bond motifs is 2. The lowest BCUT2D eigenvalue weighted by atomic mass is 9.89. The summed E-state index contributed by atoms with van der Waals surface area (Å²) in [5, 5.41) is 2.32. The van der Waals surface area contributed by atoms with Crippen LogP contribution in [0.2, 0.25) is 0 Å². The van der Waals surface area contributed by atoms with E-state index in [2.05, 4.69) is 5.32 Å². The first-order valence-corrected chi connectivity index (χ1v) is 10.9. The molecule has 180 valence electrons. The molecule has 0 aliphatic carbocycles. The lowest BCUT2D eigenvalue weighted by molar-refractivity contribution is -0.138. The van der Waals surface area contributed by atoms with E-state index in [9.17, 15) is 31.9 Å². The van der Waals surface area contributed by atoms with Crippen LogP contribution in [0.4, 0.5) is 23.2 Å². The van der Waals surface area contributed by atoms with Crippen molar-refractivity contribution in [3.63, 3.8) is 0 Å². The Bertz CT molecular complexity index is 1170. The first-order valence-electron chi connectivity index (χ1n) is 10.9. The van der Waals surface area contributed by atoms with Crippen molar-refractivity contribution in [2.75, 3.05) is 5.32 Å². The Morgan fingerprint density at radius 1 is 1.00 bits per heavy atom. The molecular weight excluding hydrogens is 454 g/mol. The summed E-state index contributed by atoms with van der Waals surface area (Å²) in [4.78, 5) is 38.7. The van der Waals surface area contributed by atoms with E-state index in [1.165, 1.54) is 19.1 Å². The van der Waals surface area contributed by atoms with Crippen molar-refractivity contribution >= 4 is 23.4 Å². The molecule has 3 amide bonds. The van der Waals surface area contributed by atoms with Gasteiger partial charge in [0.1, 0.15) is 5.82 Å². The summed E-state index contributed by atoms with van der Waals surface area (Å²) >= 11 is 0. The van der Waals surface area contributed by atoms with Crippen LogP contribution in [0.1, 0.15) is 47.2 Å². The third-order valence-electron chi connectivity index (χ3n) is 6.65. The van der Waals surface area contributed by atoms with E-state index >= 15 is 0 Å². The molecule has 10 heteroatoms. The minimum atomic E-state index is -1.86. The van der Waals surface area contributed by atoms with Crippen molar-refractivity contribution in [1.29, 1.82) is 0 Å². The van der Waals surface area contributed by atoms with Gasteiger partial charge in [0.2, 0.25) is 11.8 Å². The molecule has 2 aromatic rings. The number of hydrogen-bond donors (Lipinski definition) is 2. The molecule has 2 unspecified atom stereocenters. The second-order valence-corrected chi connectivity index (χ2v) is 8.88. The number of carbonyl (C=O) groups excluding carboxylic acids is 3. The number of nitrogens with zero attached hydrogens (tertiary/aromatic N) is 1. The van der Waals surface area contributed by atoms with Crippen LogP contribution in [0.3, 0.4) is 0 Å². The number of primary amides is 1. The maximum absolute atomic E-state index is 14.5. The number of benzene rings is 2. The molecule has 2 fully saturated rings. The summed E-state index contributed by atoms with van der Waals surface area (Å²) in [5.41, 5.74) is 4.53. The smallest absolute Gasteiger partial charge is 0.258 e. The van der Waals surface area contributed by atoms with Gasteiger partial charge < -0.3 is 16.0 Å². The second kappa shape index (κ2) is 9.08. The van der Waals surface area contributed by atoms with Gasteiger partial charge in [-0.1, -0.05) is 0 Å². The fraction of sp³-hybridized carbons (Fsp3) is 0.375. The molecule has 6 nitrogen and oxygen atoms in total. The van der Waals surface area contributed by atoms with E-state index in [0.29, 0.717) is 25.7 Å². The summed E-state index contributed by atoms with van der Waals surface area (Å²) in [6.07, 6.45) is 1.58. The lowest BCUT2D eigenvalue weighted by Crippen LogP contribution is -2.49. The van der Waals surface area contributed by atoms with Crippen molar-refractivity contribution in [2.45, 2.75) is 51.1 Å². The molecule has 2 atom stereocenters. The molecule has 2 aromatic carbocycles. The third-order valence-corrected chi connectivity index (χ3v) is 6.65. The Balaban J connectivity index is 1.56. The molecule has 0 spiro atoms. The maximum atomic E-state index is 14.5. The molecule has 0 radical (unpaired) electrons. The first kappa shape index (κ1) is 23.7. The summed E-state index contributed by atoms with van der Waals surface area (Å²) in [6, 6.07) is 4.00. The number of nitrogens with one attached hydrogen (secondary N) is 1. The van der Waals surface area contributed by atoms with Gasteiger partial charge in [0.15, 0.2) is 17.5 Å². The Hall–Kier alpha value is -3.43. The first-order chi connectivity index (χ1) is 16.1. The number of hydrogen-bond acceptors (Lipinski definition) is 3. The Morgan fingerprint density at radius 2 is 1.65 bits per heavy atom. The van der Waals surface area contributed by atoms with Crippen molar-refractivity contribution in [2.24, 2.45) is 11.7 Å². The topological polar surface area (TPSA) is 92.5 Å². The molecule has 0 saturated carbocycles. The molecule has 2 heterocycles. The number of anilines is 1. The Kier molecular flexibility index (Phi) is 6.33. The van der Waals surface area contributed by atoms with E-state index in [4.69, 9.17) is 5.73 Å². The second-order valence-electron chi connectivity index (χ2n) is 8.88. The van der Waals surface area contributed by atoms with Crippen molar-refractivity contribution in [1.82, 2.24) is 4.90 Å². The molecular formula is C24H23F4N3O3. The van der Waals surface area contributed by atoms with Gasteiger partial charge >= 0.3 is 0 Å². The van der Waals surface area contributed by atoms with Crippen LogP contribution >= 0.6 is 0 Å². The van der Waals surface area contributed by atoms with Gasteiger partial charge in [-0.3, -0.25) is 14.4 Å². The molecule has 0 aromatic heterocycles. The maximum Gasteiger partial charge on any atom is 0.258 e. The highest BCUT2D eigenvalue weighted by molar-refractivity contribution is 6.04. The van der Waals surface area contributed by atoms with Crippen LogP contribution in [0.25, 0.3) is 0 Å². The zero-order chi connectivity index (χ0) is 24.7. The standard InChI is InChI=1S/C24H23F4N3O3/c1-11-6-14(2-5-18(11)25)30-24(34)17-9-12(20(26)22(28)21(17)27)10-19(32)31-15-3-4-16(31)8-13(7-15)23(29)33/h2,5-6,9,13,15-16H,3-4,7-8,10H2,1H3,(H2,29,33)(H,30,34). The number of amides is 3. The largest absolute Gasteiger partial charge is 0.369 e. The zero-order valence-corrected chi connectivity index (χ0v) is 18.3. The average molecular weight is 477 g/mol. The van der Waals surface area contributed by atoms with Crippen molar-refractivity contribution in [3.8, 4) is 0 Å². The fourth-order valence-electron chi connectivity index (χ4n) is 4.94. The number of nitrogens with two attached hydrogens (primary N) is 1. The van der Waals surface area contributed by atoms with Gasteiger partial charge in [-0.15, -0.1) is 0 Å². The van der Waals surface area contributed by atoms with E-state index in [1.54, 1.807) is 4.90 Å². The van der Waals surface area contributed by atoms with Gasteiger partial charge in [0.25, 0.3) is 5.91 Å². The normalized spacial score (nSPS) is 21.4. The highest BCUT2D eigenvalue weighted by atomic mass is 19.2. The summed E-state index contributed by atoms with van der Waals surface area (Å²) in [5.74, 6) is -7.94. The summed E-state index contributed by atoms with van der Waals surface area (Å²) in [6.45, 7) is 1.46. The van der Waals surface area contributed by atoms with Crippen LogP contribution < -0.4 is 11.1 Å². The highest BCUT2D eigenvalue weighted by Crippen LogP contribution is 2.39. The molecule has 4 rings (SSSR count). The van der Waals surface area contributed by atoms with Gasteiger partial charge in [0.05, 0.1) is 12.0 Å². The van der Waals surface area contributed by atoms with Gasteiger partial charge in [-0.2, -0.15) is 0 Å². The fourth-order valence-corrected chi connectivity index (χ4v) is 4.94. The van der Waals surface area contributed by atoms with E-state index in [-0.39, 0.29) is 29.3 Å². The van der Waals surface area contributed by atoms with Crippen molar-refractivity contribution in [3.05, 3.63) is 64.2 Å². The number of carbonyl (C=O) groups is 3. The predicted molar refractivity (Wildman–Crippen MR) is 115 cm³/mol. The third kappa shape index (κ3) is 4.36. The summed E-state index contributed by atoms with van der Waals surface area (Å²) < 4.78 is 56.7. The number of aryl methyl sites for hydroxylation is 1. The molecule has 34 heavy (non-hydrogen) atoms. The van der Waals surface area contributed by atoms with Gasteiger partial charge in [-0.25, -0.2) is 17.6 Å². The minimum absolute atomic E-state index is 0.138. The molecule has 2 bridgehead atoms.